The van der Waals surface area contributed by atoms with Crippen molar-refractivity contribution in [1.82, 2.24) is 0 Å². The van der Waals surface area contributed by atoms with Gasteiger partial charge in [-0.25, -0.2) is 9.18 Å². The van der Waals surface area contributed by atoms with Crippen LogP contribution in [0.3, 0.4) is 0 Å². The molecule has 3 N–H and O–H groups in total. The van der Waals surface area contributed by atoms with E-state index in [1.807, 2.05) is 0 Å². The van der Waals surface area contributed by atoms with Crippen LogP contribution in [0.4, 0.5) is 4.39 Å². The Morgan fingerprint density at radius 3 is 2.59 bits per heavy atom. The lowest BCUT2D eigenvalue weighted by Crippen LogP contribution is -2.31. The van der Waals surface area contributed by atoms with E-state index in [1.165, 1.54) is 6.07 Å². The van der Waals surface area contributed by atoms with Crippen LogP contribution in [-0.4, -0.2) is 34.3 Å². The van der Waals surface area contributed by atoms with Crippen molar-refractivity contribution in [3.8, 4) is 5.75 Å². The highest BCUT2D eigenvalue weighted by atomic mass is 19.1. The third-order valence-corrected chi connectivity index (χ3v) is 2.12. The van der Waals surface area contributed by atoms with Gasteiger partial charge in [0, 0.05) is 6.07 Å². The van der Waals surface area contributed by atoms with Crippen LogP contribution in [0.5, 0.6) is 5.75 Å². The van der Waals surface area contributed by atoms with Gasteiger partial charge < -0.3 is 19.9 Å². The van der Waals surface area contributed by atoms with E-state index in [0.717, 1.165) is 12.1 Å². The normalized spacial score (nSPS) is 12.0. The molecule has 1 aromatic carbocycles. The predicted octanol–water partition coefficient (Wildman–Crippen LogP) is -0.253. The van der Waals surface area contributed by atoms with Crippen LogP contribution in [-0.2, 0) is 4.79 Å². The summed E-state index contributed by atoms with van der Waals surface area (Å²) in [6.45, 7) is 1.61. The summed E-state index contributed by atoms with van der Waals surface area (Å²) in [5, 5.41) is 26.5. The zero-order valence-corrected chi connectivity index (χ0v) is 9.13. The van der Waals surface area contributed by atoms with E-state index in [0.29, 0.717) is 0 Å². The molecular formula is C10H12BFO5. The number of carboxylic acids is 1. The minimum Gasteiger partial charge on any atom is -0.479 e. The molecule has 0 saturated carbocycles. The first kappa shape index (κ1) is 13.5. The smallest absolute Gasteiger partial charge is 0.479 e. The number of benzene rings is 1. The number of carbonyl (C=O) groups is 1. The molecule has 17 heavy (non-hydrogen) atoms. The van der Waals surface area contributed by atoms with Gasteiger partial charge in [0.25, 0.3) is 0 Å². The number of aliphatic carboxylic acids is 1. The number of hydrogen-bond acceptors (Lipinski definition) is 4. The van der Waals surface area contributed by atoms with Crippen molar-refractivity contribution < 1.29 is 29.1 Å². The Balaban J connectivity index is 2.94. The highest BCUT2D eigenvalue weighted by Gasteiger charge is 2.19. The number of rotatable bonds is 5. The maximum Gasteiger partial charge on any atom is 0.488 e. The summed E-state index contributed by atoms with van der Waals surface area (Å²) < 4.78 is 18.1. The maximum atomic E-state index is 13.1. The van der Waals surface area contributed by atoms with Crippen molar-refractivity contribution in [2.24, 2.45) is 0 Å². The number of ether oxygens (including phenoxy) is 1. The van der Waals surface area contributed by atoms with Crippen LogP contribution in [0.25, 0.3) is 0 Å². The Morgan fingerprint density at radius 1 is 1.47 bits per heavy atom. The Hall–Kier alpha value is -1.60. The lowest BCUT2D eigenvalue weighted by molar-refractivity contribution is -0.145. The molecule has 1 aromatic rings. The molecule has 0 radical (unpaired) electrons. The van der Waals surface area contributed by atoms with Gasteiger partial charge >= 0.3 is 13.1 Å². The van der Waals surface area contributed by atoms with E-state index >= 15 is 0 Å². The molecule has 1 unspecified atom stereocenters. The summed E-state index contributed by atoms with van der Waals surface area (Å²) in [6.07, 6.45) is -0.886. The second-order valence-corrected chi connectivity index (χ2v) is 3.45. The van der Waals surface area contributed by atoms with E-state index in [1.54, 1.807) is 6.92 Å². The molecule has 0 fully saturated rings. The zero-order valence-electron chi connectivity index (χ0n) is 9.13. The Bertz CT molecular complexity index is 410. The van der Waals surface area contributed by atoms with Gasteiger partial charge in [-0.1, -0.05) is 6.92 Å². The molecule has 1 atom stereocenters. The molecule has 0 aromatic heterocycles. The minimum atomic E-state index is -1.84. The summed E-state index contributed by atoms with van der Waals surface area (Å²) in [5.41, 5.74) is -0.0970. The standard InChI is InChI=1S/C10H12BFO5/c1-2-9(10(13)14)17-8-4-6(11(15)16)3-7(12)5-8/h3-5,9,15-16H,2H2,1H3,(H,13,14). The van der Waals surface area contributed by atoms with Crippen LogP contribution < -0.4 is 10.2 Å². The fourth-order valence-corrected chi connectivity index (χ4v) is 1.27. The maximum absolute atomic E-state index is 13.1. The first-order valence-corrected chi connectivity index (χ1v) is 5.00. The van der Waals surface area contributed by atoms with Crippen LogP contribution in [0.15, 0.2) is 18.2 Å². The van der Waals surface area contributed by atoms with Crippen LogP contribution in [0, 0.1) is 5.82 Å². The largest absolute Gasteiger partial charge is 0.488 e. The highest BCUT2D eigenvalue weighted by Crippen LogP contribution is 2.14. The first-order valence-electron chi connectivity index (χ1n) is 5.00. The van der Waals surface area contributed by atoms with Gasteiger partial charge in [0.1, 0.15) is 11.6 Å². The summed E-state index contributed by atoms with van der Waals surface area (Å²) in [7, 11) is -1.84. The Kier molecular flexibility index (Phi) is 4.48. The molecule has 1 rings (SSSR count). The molecule has 92 valence electrons. The van der Waals surface area contributed by atoms with Gasteiger partial charge in [-0.15, -0.1) is 0 Å². The topological polar surface area (TPSA) is 87.0 Å². The highest BCUT2D eigenvalue weighted by molar-refractivity contribution is 6.58. The Labute approximate surface area is 97.6 Å². The third kappa shape index (κ3) is 3.72. The van der Waals surface area contributed by atoms with E-state index in [2.05, 4.69) is 0 Å². The second-order valence-electron chi connectivity index (χ2n) is 3.45. The van der Waals surface area contributed by atoms with Gasteiger partial charge in [-0.3, -0.25) is 0 Å². The number of hydrogen-bond donors (Lipinski definition) is 3. The fraction of sp³-hybridized carbons (Fsp3) is 0.300. The summed E-state index contributed by atoms with van der Waals surface area (Å²) in [6, 6.07) is 3.09. The number of halogens is 1. The van der Waals surface area contributed by atoms with Crippen molar-refractivity contribution in [3.63, 3.8) is 0 Å². The SMILES string of the molecule is CCC(Oc1cc(F)cc(B(O)O)c1)C(=O)O. The fourth-order valence-electron chi connectivity index (χ4n) is 1.27. The van der Waals surface area contributed by atoms with E-state index in [-0.39, 0.29) is 17.6 Å². The molecule has 0 amide bonds. The van der Waals surface area contributed by atoms with Crippen molar-refractivity contribution in [2.45, 2.75) is 19.4 Å². The third-order valence-electron chi connectivity index (χ3n) is 2.12. The molecule has 5 nitrogen and oxygen atoms in total. The quantitative estimate of drug-likeness (QED) is 0.619. The van der Waals surface area contributed by atoms with Crippen LogP contribution >= 0.6 is 0 Å². The molecule has 0 aliphatic carbocycles. The average molecular weight is 242 g/mol. The molecule has 0 bridgehead atoms. The number of carboxylic acid groups (broad SMARTS) is 1. The molecule has 0 spiro atoms. The van der Waals surface area contributed by atoms with Gasteiger partial charge in [0.05, 0.1) is 0 Å². The van der Waals surface area contributed by atoms with Gasteiger partial charge in [-0.2, -0.15) is 0 Å². The summed E-state index contributed by atoms with van der Waals surface area (Å²) in [4.78, 5) is 10.7. The molecule has 0 heterocycles. The molecular weight excluding hydrogens is 230 g/mol. The zero-order chi connectivity index (χ0) is 13.0. The van der Waals surface area contributed by atoms with Gasteiger partial charge in [0.2, 0.25) is 0 Å². The summed E-state index contributed by atoms with van der Waals surface area (Å²) >= 11 is 0. The van der Waals surface area contributed by atoms with Crippen molar-refractivity contribution >= 4 is 18.6 Å². The second kappa shape index (κ2) is 5.65. The van der Waals surface area contributed by atoms with Gasteiger partial charge in [0.15, 0.2) is 6.10 Å². The first-order chi connectivity index (χ1) is 7.93. The van der Waals surface area contributed by atoms with Crippen molar-refractivity contribution in [3.05, 3.63) is 24.0 Å². The van der Waals surface area contributed by atoms with E-state index in [4.69, 9.17) is 19.9 Å². The van der Waals surface area contributed by atoms with E-state index < -0.39 is 25.0 Å². The predicted molar refractivity (Wildman–Crippen MR) is 58.6 cm³/mol. The molecule has 0 aliphatic rings. The van der Waals surface area contributed by atoms with Crippen LogP contribution in [0.2, 0.25) is 0 Å². The van der Waals surface area contributed by atoms with Gasteiger partial charge in [-0.05, 0) is 24.0 Å². The average Bonchev–Trinajstić information content (AvgIpc) is 2.24. The lowest BCUT2D eigenvalue weighted by atomic mass is 9.80. The molecule has 7 heteroatoms. The monoisotopic (exact) mass is 242 g/mol. The van der Waals surface area contributed by atoms with Crippen molar-refractivity contribution in [1.29, 1.82) is 0 Å². The minimum absolute atomic E-state index is 0.0534. The molecule has 0 saturated heterocycles. The Morgan fingerprint density at radius 2 is 2.12 bits per heavy atom. The van der Waals surface area contributed by atoms with Crippen molar-refractivity contribution in [2.75, 3.05) is 0 Å². The van der Waals surface area contributed by atoms with Crippen LogP contribution in [0.1, 0.15) is 13.3 Å². The summed E-state index contributed by atoms with van der Waals surface area (Å²) in [5.74, 6) is -1.95. The lowest BCUT2D eigenvalue weighted by Gasteiger charge is -2.14. The van der Waals surface area contributed by atoms with E-state index in [9.17, 15) is 9.18 Å². The molecule has 0 aliphatic heterocycles.